The molecule has 1 rings (SSSR count). The molecule has 2 nitrogen and oxygen atoms in total. The summed E-state index contributed by atoms with van der Waals surface area (Å²) >= 11 is 1.74. The molecule has 0 spiro atoms. The molecule has 3 heteroatoms. The van der Waals surface area contributed by atoms with Gasteiger partial charge in [0.25, 0.3) is 0 Å². The minimum absolute atomic E-state index is 0.424. The lowest BCUT2D eigenvalue weighted by molar-refractivity contribution is 0.195. The van der Waals surface area contributed by atoms with Crippen LogP contribution in [-0.4, -0.2) is 15.8 Å². The molecule has 0 saturated carbocycles. The van der Waals surface area contributed by atoms with Crippen molar-refractivity contribution in [2.24, 2.45) is 0 Å². The number of thioether (sulfide) groups is 1. The summed E-state index contributed by atoms with van der Waals surface area (Å²) < 4.78 is 0. The van der Waals surface area contributed by atoms with E-state index in [2.05, 4.69) is 11.9 Å². The Morgan fingerprint density at radius 2 is 2.27 bits per heavy atom. The van der Waals surface area contributed by atoms with Gasteiger partial charge in [-0.1, -0.05) is 25.8 Å². The van der Waals surface area contributed by atoms with Crippen LogP contribution in [-0.2, 0) is 0 Å². The Kier molecular flexibility index (Phi) is 5.73. The molecule has 1 aromatic rings. The quantitative estimate of drug-likeness (QED) is 0.595. The SMILES string of the molecule is CCCCCSc1ncccc1[C@@H](C)O. The predicted octanol–water partition coefficient (Wildman–Crippen LogP) is 3.42. The maximum absolute atomic E-state index is 9.55. The largest absolute Gasteiger partial charge is 0.389 e. The molecule has 1 heterocycles. The molecule has 1 aromatic heterocycles. The number of pyridine rings is 1. The van der Waals surface area contributed by atoms with Crippen molar-refractivity contribution in [2.45, 2.75) is 44.2 Å². The van der Waals surface area contributed by atoms with Crippen LogP contribution in [0.15, 0.2) is 23.4 Å². The number of unbranched alkanes of at least 4 members (excludes halogenated alkanes) is 2. The molecule has 1 atom stereocenters. The van der Waals surface area contributed by atoms with Crippen LogP contribution >= 0.6 is 11.8 Å². The fourth-order valence-electron chi connectivity index (χ4n) is 1.36. The first-order valence-electron chi connectivity index (χ1n) is 5.51. The van der Waals surface area contributed by atoms with Crippen molar-refractivity contribution in [2.75, 3.05) is 5.75 Å². The fourth-order valence-corrected chi connectivity index (χ4v) is 2.45. The summed E-state index contributed by atoms with van der Waals surface area (Å²) in [6.07, 6.45) is 5.09. The predicted molar refractivity (Wildman–Crippen MR) is 65.1 cm³/mol. The summed E-state index contributed by atoms with van der Waals surface area (Å²) in [6, 6.07) is 3.82. The van der Waals surface area contributed by atoms with E-state index in [0.29, 0.717) is 0 Å². The van der Waals surface area contributed by atoms with Crippen molar-refractivity contribution in [3.05, 3.63) is 23.9 Å². The Hall–Kier alpha value is -0.540. The van der Waals surface area contributed by atoms with E-state index in [1.807, 2.05) is 12.1 Å². The molecule has 1 N–H and O–H groups in total. The summed E-state index contributed by atoms with van der Waals surface area (Å²) in [7, 11) is 0. The van der Waals surface area contributed by atoms with Crippen molar-refractivity contribution in [3.8, 4) is 0 Å². The van der Waals surface area contributed by atoms with Gasteiger partial charge in [0.05, 0.1) is 6.10 Å². The number of aliphatic hydroxyl groups is 1. The van der Waals surface area contributed by atoms with Gasteiger partial charge in [-0.05, 0) is 25.2 Å². The molecule has 0 amide bonds. The van der Waals surface area contributed by atoms with Crippen LogP contribution in [0, 0.1) is 0 Å². The molecule has 0 aliphatic carbocycles. The smallest absolute Gasteiger partial charge is 0.102 e. The highest BCUT2D eigenvalue weighted by molar-refractivity contribution is 7.99. The highest BCUT2D eigenvalue weighted by Crippen LogP contribution is 2.25. The van der Waals surface area contributed by atoms with Gasteiger partial charge in [-0.25, -0.2) is 4.98 Å². The minimum atomic E-state index is -0.424. The number of nitrogens with zero attached hydrogens (tertiary/aromatic N) is 1. The zero-order valence-corrected chi connectivity index (χ0v) is 10.3. The Balaban J connectivity index is 2.52. The van der Waals surface area contributed by atoms with Crippen molar-refractivity contribution >= 4 is 11.8 Å². The van der Waals surface area contributed by atoms with Gasteiger partial charge in [-0.2, -0.15) is 0 Å². The maximum Gasteiger partial charge on any atom is 0.102 e. The van der Waals surface area contributed by atoms with Gasteiger partial charge >= 0.3 is 0 Å². The Bertz CT molecular complexity index is 289. The van der Waals surface area contributed by atoms with Gasteiger partial charge in [-0.15, -0.1) is 11.8 Å². The lowest BCUT2D eigenvalue weighted by Crippen LogP contribution is -1.96. The van der Waals surface area contributed by atoms with Crippen molar-refractivity contribution in [1.82, 2.24) is 4.98 Å². The van der Waals surface area contributed by atoms with Crippen molar-refractivity contribution < 1.29 is 5.11 Å². The van der Waals surface area contributed by atoms with Crippen LogP contribution in [0.2, 0.25) is 0 Å². The molecule has 0 aliphatic heterocycles. The van der Waals surface area contributed by atoms with E-state index in [-0.39, 0.29) is 0 Å². The average molecular weight is 225 g/mol. The van der Waals surface area contributed by atoms with E-state index in [1.54, 1.807) is 24.9 Å². The van der Waals surface area contributed by atoms with Gasteiger partial charge < -0.3 is 5.11 Å². The molecular weight excluding hydrogens is 206 g/mol. The number of hydrogen-bond acceptors (Lipinski definition) is 3. The Labute approximate surface area is 96.1 Å². The van der Waals surface area contributed by atoms with Gasteiger partial charge in [0.1, 0.15) is 5.03 Å². The van der Waals surface area contributed by atoms with Gasteiger partial charge in [0.15, 0.2) is 0 Å². The molecule has 0 bridgehead atoms. The lowest BCUT2D eigenvalue weighted by atomic mass is 10.2. The van der Waals surface area contributed by atoms with E-state index in [1.165, 1.54) is 19.3 Å². The third kappa shape index (κ3) is 4.22. The molecule has 0 aliphatic rings. The molecule has 84 valence electrons. The monoisotopic (exact) mass is 225 g/mol. The second-order valence-electron chi connectivity index (χ2n) is 3.63. The standard InChI is InChI=1S/C12H19NOS/c1-3-4-5-9-15-12-11(10(2)14)7-6-8-13-12/h6-8,10,14H,3-5,9H2,1-2H3/t10-/m1/s1. The maximum atomic E-state index is 9.55. The summed E-state index contributed by atoms with van der Waals surface area (Å²) in [5, 5.41) is 10.5. The van der Waals surface area contributed by atoms with Crippen molar-refractivity contribution in [1.29, 1.82) is 0 Å². The summed E-state index contributed by atoms with van der Waals surface area (Å²) in [5.74, 6) is 1.09. The summed E-state index contributed by atoms with van der Waals surface area (Å²) in [5.41, 5.74) is 0.944. The van der Waals surface area contributed by atoms with Crippen LogP contribution in [0.3, 0.4) is 0 Å². The third-order valence-electron chi connectivity index (χ3n) is 2.24. The van der Waals surface area contributed by atoms with E-state index in [4.69, 9.17) is 0 Å². The summed E-state index contributed by atoms with van der Waals surface area (Å²) in [6.45, 7) is 3.99. The number of aliphatic hydroxyl groups excluding tert-OH is 1. The molecule has 0 aromatic carbocycles. The first-order valence-corrected chi connectivity index (χ1v) is 6.50. The first-order chi connectivity index (χ1) is 7.25. The van der Waals surface area contributed by atoms with Crippen LogP contribution in [0.4, 0.5) is 0 Å². The number of aromatic nitrogens is 1. The second-order valence-corrected chi connectivity index (χ2v) is 4.71. The van der Waals surface area contributed by atoms with Gasteiger partial charge in [-0.3, -0.25) is 0 Å². The Morgan fingerprint density at radius 1 is 1.47 bits per heavy atom. The zero-order valence-electron chi connectivity index (χ0n) is 9.44. The van der Waals surface area contributed by atoms with Crippen LogP contribution < -0.4 is 0 Å². The topological polar surface area (TPSA) is 33.1 Å². The molecule has 0 radical (unpaired) electrons. The van der Waals surface area contributed by atoms with Crippen molar-refractivity contribution in [3.63, 3.8) is 0 Å². The number of hydrogen-bond donors (Lipinski definition) is 1. The van der Waals surface area contributed by atoms with Crippen LogP contribution in [0.1, 0.15) is 44.8 Å². The van der Waals surface area contributed by atoms with Gasteiger partial charge in [0, 0.05) is 11.8 Å². The lowest BCUT2D eigenvalue weighted by Gasteiger charge is -2.09. The molecule has 0 unspecified atom stereocenters. The van der Waals surface area contributed by atoms with E-state index < -0.39 is 6.10 Å². The van der Waals surface area contributed by atoms with Gasteiger partial charge in [0.2, 0.25) is 0 Å². The molecule has 0 saturated heterocycles. The number of rotatable bonds is 6. The zero-order chi connectivity index (χ0) is 11.1. The van der Waals surface area contributed by atoms with Crippen LogP contribution in [0.25, 0.3) is 0 Å². The molecular formula is C12H19NOS. The average Bonchev–Trinajstić information content (AvgIpc) is 2.25. The second kappa shape index (κ2) is 6.85. The third-order valence-corrected chi connectivity index (χ3v) is 3.34. The van der Waals surface area contributed by atoms with E-state index in [9.17, 15) is 5.11 Å². The molecule has 0 fully saturated rings. The first kappa shape index (κ1) is 12.5. The van der Waals surface area contributed by atoms with Crippen LogP contribution in [0.5, 0.6) is 0 Å². The van der Waals surface area contributed by atoms with E-state index >= 15 is 0 Å². The highest BCUT2D eigenvalue weighted by atomic mass is 32.2. The Morgan fingerprint density at radius 3 is 2.93 bits per heavy atom. The highest BCUT2D eigenvalue weighted by Gasteiger charge is 2.08. The minimum Gasteiger partial charge on any atom is -0.389 e. The summed E-state index contributed by atoms with van der Waals surface area (Å²) in [4.78, 5) is 4.30. The van der Waals surface area contributed by atoms with E-state index in [0.717, 1.165) is 16.3 Å². The fraction of sp³-hybridized carbons (Fsp3) is 0.583. The molecule has 15 heavy (non-hydrogen) atoms. The normalized spacial score (nSPS) is 12.7.